The van der Waals surface area contributed by atoms with E-state index < -0.39 is 29.2 Å². The van der Waals surface area contributed by atoms with Gasteiger partial charge in [0.15, 0.2) is 5.84 Å². The smallest absolute Gasteiger partial charge is 0.242 e. The Kier molecular flexibility index (Phi) is 8.43. The van der Waals surface area contributed by atoms with Crippen LogP contribution in [0, 0.1) is 29.5 Å². The molecule has 0 spiro atoms. The molecule has 2 aliphatic heterocycles. The molecule has 224 valence electrons. The first kappa shape index (κ1) is 30.8. The average Bonchev–Trinajstić information content (AvgIpc) is 3.51. The Morgan fingerprint density at radius 3 is 2.49 bits per heavy atom. The van der Waals surface area contributed by atoms with Gasteiger partial charge in [0.05, 0.1) is 12.1 Å². The van der Waals surface area contributed by atoms with Crippen LogP contribution in [-0.2, 0) is 10.2 Å². The van der Waals surface area contributed by atoms with E-state index in [-0.39, 0.29) is 21.9 Å². The minimum Gasteiger partial charge on any atom is -0.325 e. The van der Waals surface area contributed by atoms with E-state index in [4.69, 9.17) is 23.2 Å². The predicted octanol–water partition coefficient (Wildman–Crippen LogP) is 6.02. The Hall–Kier alpha value is -3.68. The number of hydrazine groups is 2. The highest BCUT2D eigenvalue weighted by Crippen LogP contribution is 2.53. The molecule has 8 nitrogen and oxygen atoms in total. The fourth-order valence-electron chi connectivity index (χ4n) is 6.15. The van der Waals surface area contributed by atoms with Crippen LogP contribution >= 0.6 is 23.2 Å². The van der Waals surface area contributed by atoms with Gasteiger partial charge in [-0.1, -0.05) is 62.2 Å². The molecular formula is C32H34Cl2FN7O. The molecule has 2 aliphatic rings. The van der Waals surface area contributed by atoms with Gasteiger partial charge in [0.25, 0.3) is 0 Å². The molecule has 1 amide bonds. The number of carbonyl (C=O) groups excluding carboxylic acids is 1. The van der Waals surface area contributed by atoms with Crippen molar-refractivity contribution in [3.63, 3.8) is 0 Å². The molecule has 4 N–H and O–H groups in total. The topological polar surface area (TPSA) is 105 Å². The Morgan fingerprint density at radius 2 is 1.88 bits per heavy atom. The summed E-state index contributed by atoms with van der Waals surface area (Å²) in [4.78, 5) is 14.2. The van der Waals surface area contributed by atoms with E-state index >= 15 is 4.39 Å². The van der Waals surface area contributed by atoms with Gasteiger partial charge in [0, 0.05) is 45.9 Å². The number of hydrogen-bond donors (Lipinski definition) is 4. The van der Waals surface area contributed by atoms with Gasteiger partial charge < -0.3 is 10.6 Å². The Bertz CT molecular complexity index is 1620. The lowest BCUT2D eigenvalue weighted by atomic mass is 9.62. The Labute approximate surface area is 261 Å². The number of hydrogen-bond acceptors (Lipinski definition) is 7. The standard InChI is InChI=1S/C32H34Cl2FN7O/c1-18-22(7-6-8-24(18)34)27-28(30(43)37-21-12-9-19(10-13-21)29-39-41-42(5)40-29)38-26(16-31(2,3)4)32(27,17-36)23-14-11-20(33)15-25(23)35/h6-15,26-28,38,41H,16H2,1-5H3,(H,37,43)(H,39,40). The zero-order valence-electron chi connectivity index (χ0n) is 24.6. The van der Waals surface area contributed by atoms with Gasteiger partial charge in [-0.3, -0.25) is 10.2 Å². The normalized spacial score (nSPS) is 23.7. The maximum atomic E-state index is 15.9. The molecule has 2 heterocycles. The number of halogens is 3. The zero-order chi connectivity index (χ0) is 31.1. The van der Waals surface area contributed by atoms with Crippen molar-refractivity contribution in [2.45, 2.75) is 57.5 Å². The SMILES string of the molecule is Cc1c(Cl)cccc1C1C(C(=O)Nc2ccc(C3=NNN(C)N3)cc2)NC(CC(C)(C)C)C1(C#N)c1ccc(Cl)cc1F. The summed E-state index contributed by atoms with van der Waals surface area (Å²) in [6.45, 7) is 8.02. The number of carbonyl (C=O) groups is 1. The van der Waals surface area contributed by atoms with Gasteiger partial charge in [-0.25, -0.2) is 9.93 Å². The monoisotopic (exact) mass is 621 g/mol. The summed E-state index contributed by atoms with van der Waals surface area (Å²) < 4.78 is 15.9. The largest absolute Gasteiger partial charge is 0.325 e. The van der Waals surface area contributed by atoms with Crippen LogP contribution in [0.1, 0.15) is 55.4 Å². The van der Waals surface area contributed by atoms with Gasteiger partial charge in [-0.15, -0.1) is 10.2 Å². The molecular weight excluding hydrogens is 588 g/mol. The quantitative estimate of drug-likeness (QED) is 0.268. The molecule has 43 heavy (non-hydrogen) atoms. The molecule has 5 rings (SSSR count). The predicted molar refractivity (Wildman–Crippen MR) is 168 cm³/mol. The fourth-order valence-corrected chi connectivity index (χ4v) is 6.49. The van der Waals surface area contributed by atoms with Crippen LogP contribution in [0.25, 0.3) is 0 Å². The summed E-state index contributed by atoms with van der Waals surface area (Å²) in [6.07, 6.45) is 0.495. The van der Waals surface area contributed by atoms with E-state index in [2.05, 4.69) is 53.5 Å². The number of hydrazone groups is 1. The van der Waals surface area contributed by atoms with Crippen LogP contribution in [0.5, 0.6) is 0 Å². The van der Waals surface area contributed by atoms with E-state index in [1.54, 1.807) is 48.6 Å². The Balaban J connectivity index is 1.61. The zero-order valence-corrected chi connectivity index (χ0v) is 26.1. The maximum absolute atomic E-state index is 15.9. The lowest BCUT2D eigenvalue weighted by Crippen LogP contribution is -2.44. The van der Waals surface area contributed by atoms with Crippen molar-refractivity contribution in [3.05, 3.63) is 98.8 Å². The highest BCUT2D eigenvalue weighted by atomic mass is 35.5. The molecule has 4 atom stereocenters. The summed E-state index contributed by atoms with van der Waals surface area (Å²) in [5.41, 5.74) is 7.16. The molecule has 3 aromatic carbocycles. The van der Waals surface area contributed by atoms with Crippen LogP contribution in [-0.4, -0.2) is 36.0 Å². The second-order valence-corrected chi connectivity index (χ2v) is 13.1. The third-order valence-electron chi connectivity index (χ3n) is 8.07. The molecule has 0 radical (unpaired) electrons. The van der Waals surface area contributed by atoms with Crippen molar-refractivity contribution in [1.82, 2.24) is 21.4 Å². The lowest BCUT2D eigenvalue weighted by Gasteiger charge is -2.38. The number of nitrogens with one attached hydrogen (secondary N) is 4. The van der Waals surface area contributed by atoms with Crippen molar-refractivity contribution < 1.29 is 9.18 Å². The molecule has 3 aromatic rings. The first-order chi connectivity index (χ1) is 20.3. The molecule has 0 aliphatic carbocycles. The van der Waals surface area contributed by atoms with Gasteiger partial charge in [-0.05, 0) is 72.4 Å². The number of amides is 1. The third-order valence-corrected chi connectivity index (χ3v) is 8.72. The maximum Gasteiger partial charge on any atom is 0.242 e. The number of anilines is 1. The first-order valence-corrected chi connectivity index (χ1v) is 14.7. The van der Waals surface area contributed by atoms with Crippen molar-refractivity contribution >= 4 is 40.6 Å². The van der Waals surface area contributed by atoms with Gasteiger partial charge in [0.1, 0.15) is 11.2 Å². The summed E-state index contributed by atoms with van der Waals surface area (Å²) in [7, 11) is 1.79. The fraction of sp³-hybridized carbons (Fsp3) is 0.344. The molecule has 1 saturated heterocycles. The van der Waals surface area contributed by atoms with Crippen molar-refractivity contribution in [2.75, 3.05) is 12.4 Å². The number of nitriles is 1. The third kappa shape index (κ3) is 5.93. The number of rotatable bonds is 6. The molecule has 4 unspecified atom stereocenters. The van der Waals surface area contributed by atoms with Crippen molar-refractivity contribution in [3.8, 4) is 6.07 Å². The van der Waals surface area contributed by atoms with Crippen molar-refractivity contribution in [2.24, 2.45) is 10.5 Å². The minimum atomic E-state index is -1.46. The highest BCUT2D eigenvalue weighted by Gasteiger charge is 2.60. The van der Waals surface area contributed by atoms with Crippen LogP contribution in [0.15, 0.2) is 65.8 Å². The van der Waals surface area contributed by atoms with Crippen LogP contribution < -0.4 is 21.6 Å². The van der Waals surface area contributed by atoms with E-state index in [0.717, 1.165) is 11.1 Å². The van der Waals surface area contributed by atoms with E-state index in [1.807, 2.05) is 25.1 Å². The highest BCUT2D eigenvalue weighted by molar-refractivity contribution is 6.31. The summed E-state index contributed by atoms with van der Waals surface area (Å²) in [5.74, 6) is -1.08. The number of amidine groups is 1. The van der Waals surface area contributed by atoms with Crippen LogP contribution in [0.4, 0.5) is 10.1 Å². The van der Waals surface area contributed by atoms with E-state index in [1.165, 1.54) is 6.07 Å². The molecule has 11 heteroatoms. The summed E-state index contributed by atoms with van der Waals surface area (Å²) in [6, 6.07) is 18.1. The molecule has 0 bridgehead atoms. The van der Waals surface area contributed by atoms with Gasteiger partial charge in [-0.2, -0.15) is 5.26 Å². The summed E-state index contributed by atoms with van der Waals surface area (Å²) in [5, 5.41) is 24.1. The van der Waals surface area contributed by atoms with Gasteiger partial charge in [0.2, 0.25) is 5.91 Å². The van der Waals surface area contributed by atoms with Crippen LogP contribution in [0.3, 0.4) is 0 Å². The lowest BCUT2D eigenvalue weighted by molar-refractivity contribution is -0.118. The van der Waals surface area contributed by atoms with Crippen molar-refractivity contribution in [1.29, 1.82) is 5.26 Å². The molecule has 0 aromatic heterocycles. The number of nitrogens with zero attached hydrogens (tertiary/aromatic N) is 3. The Morgan fingerprint density at radius 1 is 1.16 bits per heavy atom. The molecule has 0 saturated carbocycles. The number of benzene rings is 3. The minimum absolute atomic E-state index is 0.189. The van der Waals surface area contributed by atoms with E-state index in [0.29, 0.717) is 28.5 Å². The first-order valence-electron chi connectivity index (χ1n) is 14.0. The van der Waals surface area contributed by atoms with Gasteiger partial charge >= 0.3 is 0 Å². The second kappa shape index (κ2) is 11.8. The average molecular weight is 623 g/mol. The van der Waals surface area contributed by atoms with Crippen LogP contribution in [0.2, 0.25) is 10.0 Å². The summed E-state index contributed by atoms with van der Waals surface area (Å²) >= 11 is 12.7. The second-order valence-electron chi connectivity index (χ2n) is 12.3. The molecule has 1 fully saturated rings. The van der Waals surface area contributed by atoms with E-state index in [9.17, 15) is 10.1 Å².